The Morgan fingerprint density at radius 3 is 2.81 bits per heavy atom. The predicted octanol–water partition coefficient (Wildman–Crippen LogP) is 1.40. The molecule has 0 spiro atoms. The Balaban J connectivity index is 2.62. The zero-order chi connectivity index (χ0) is 11.7. The number of aromatic amines is 1. The molecule has 0 aliphatic heterocycles. The molecule has 1 heterocycles. The molecule has 84 valence electrons. The van der Waals surface area contributed by atoms with Gasteiger partial charge in [0.1, 0.15) is 17.3 Å². The lowest BCUT2D eigenvalue weighted by molar-refractivity contribution is 0.571. The van der Waals surface area contributed by atoms with Crippen LogP contribution in [0.4, 0.5) is 8.78 Å². The topological polar surface area (TPSA) is 50.7 Å². The van der Waals surface area contributed by atoms with Crippen molar-refractivity contribution in [2.45, 2.75) is 13.3 Å². The number of H-pyrrole nitrogens is 1. The first kappa shape index (κ1) is 10.5. The molecule has 0 amide bonds. The van der Waals surface area contributed by atoms with Crippen molar-refractivity contribution in [2.75, 3.05) is 0 Å². The van der Waals surface area contributed by atoms with E-state index in [-0.39, 0.29) is 5.69 Å². The highest BCUT2D eigenvalue weighted by molar-refractivity contribution is 5.33. The van der Waals surface area contributed by atoms with Crippen molar-refractivity contribution in [3.63, 3.8) is 0 Å². The molecular formula is C10H9F2N3O. The van der Waals surface area contributed by atoms with Gasteiger partial charge < -0.3 is 0 Å². The van der Waals surface area contributed by atoms with E-state index >= 15 is 0 Å². The molecule has 0 aliphatic carbocycles. The Morgan fingerprint density at radius 1 is 1.44 bits per heavy atom. The average Bonchev–Trinajstić information content (AvgIpc) is 2.59. The SMILES string of the molecule is CCc1nc(=O)[nH]n1-c1ccc(F)cc1F. The number of aromatic nitrogens is 3. The Morgan fingerprint density at radius 2 is 2.19 bits per heavy atom. The number of halogens is 2. The molecule has 0 saturated carbocycles. The summed E-state index contributed by atoms with van der Waals surface area (Å²) in [6.07, 6.45) is 0.468. The van der Waals surface area contributed by atoms with E-state index in [0.717, 1.165) is 12.1 Å². The molecule has 0 saturated heterocycles. The minimum atomic E-state index is -0.747. The van der Waals surface area contributed by atoms with Gasteiger partial charge in [-0.05, 0) is 12.1 Å². The maximum Gasteiger partial charge on any atom is 0.361 e. The molecule has 4 nitrogen and oxygen atoms in total. The summed E-state index contributed by atoms with van der Waals surface area (Å²) in [7, 11) is 0. The molecule has 0 bridgehead atoms. The van der Waals surface area contributed by atoms with Crippen molar-refractivity contribution in [1.82, 2.24) is 14.8 Å². The Labute approximate surface area is 89.5 Å². The van der Waals surface area contributed by atoms with Crippen molar-refractivity contribution >= 4 is 0 Å². The van der Waals surface area contributed by atoms with Crippen LogP contribution in [0.3, 0.4) is 0 Å². The summed E-state index contributed by atoms with van der Waals surface area (Å²) in [4.78, 5) is 14.7. The lowest BCUT2D eigenvalue weighted by atomic mass is 10.3. The summed E-state index contributed by atoms with van der Waals surface area (Å²) in [5, 5.41) is 2.36. The average molecular weight is 225 g/mol. The third-order valence-electron chi connectivity index (χ3n) is 2.16. The van der Waals surface area contributed by atoms with Crippen LogP contribution in [0, 0.1) is 11.6 Å². The monoisotopic (exact) mass is 225 g/mol. The summed E-state index contributed by atoms with van der Waals surface area (Å²) in [5.74, 6) is -1.01. The molecule has 2 aromatic rings. The lowest BCUT2D eigenvalue weighted by Gasteiger charge is -2.06. The highest BCUT2D eigenvalue weighted by Gasteiger charge is 2.11. The minimum Gasteiger partial charge on any atom is -0.244 e. The standard InChI is InChI=1S/C10H9F2N3O/c1-2-9-13-10(16)14-15(9)8-4-3-6(11)5-7(8)12/h3-5H,2H2,1H3,(H,14,16). The van der Waals surface area contributed by atoms with Gasteiger partial charge in [0.25, 0.3) is 0 Å². The van der Waals surface area contributed by atoms with Crippen LogP contribution in [0.2, 0.25) is 0 Å². The van der Waals surface area contributed by atoms with E-state index < -0.39 is 17.3 Å². The van der Waals surface area contributed by atoms with Crippen molar-refractivity contribution < 1.29 is 8.78 Å². The second-order valence-corrected chi connectivity index (χ2v) is 3.23. The van der Waals surface area contributed by atoms with Crippen molar-refractivity contribution in [3.05, 3.63) is 46.1 Å². The van der Waals surface area contributed by atoms with Gasteiger partial charge in [0.2, 0.25) is 0 Å². The second-order valence-electron chi connectivity index (χ2n) is 3.23. The van der Waals surface area contributed by atoms with Gasteiger partial charge in [0.05, 0.1) is 0 Å². The van der Waals surface area contributed by atoms with Crippen molar-refractivity contribution in [2.24, 2.45) is 0 Å². The second kappa shape index (κ2) is 3.88. The fourth-order valence-electron chi connectivity index (χ4n) is 1.45. The molecule has 0 atom stereocenters. The van der Waals surface area contributed by atoms with E-state index in [0.29, 0.717) is 12.2 Å². The van der Waals surface area contributed by atoms with Gasteiger partial charge in [-0.3, -0.25) is 0 Å². The molecule has 16 heavy (non-hydrogen) atoms. The van der Waals surface area contributed by atoms with E-state index in [2.05, 4.69) is 10.1 Å². The summed E-state index contributed by atoms with van der Waals surface area (Å²) >= 11 is 0. The number of rotatable bonds is 2. The number of hydrogen-bond donors (Lipinski definition) is 1. The molecular weight excluding hydrogens is 216 g/mol. The van der Waals surface area contributed by atoms with Crippen molar-refractivity contribution in [1.29, 1.82) is 0 Å². The van der Waals surface area contributed by atoms with Gasteiger partial charge in [-0.2, -0.15) is 4.98 Å². The van der Waals surface area contributed by atoms with Gasteiger partial charge >= 0.3 is 5.69 Å². The van der Waals surface area contributed by atoms with Crippen molar-refractivity contribution in [3.8, 4) is 5.69 Å². The van der Waals surface area contributed by atoms with E-state index in [1.165, 1.54) is 10.7 Å². The number of nitrogens with zero attached hydrogens (tertiary/aromatic N) is 2. The number of benzene rings is 1. The number of aryl methyl sites for hydroxylation is 1. The third-order valence-corrected chi connectivity index (χ3v) is 2.16. The lowest BCUT2D eigenvalue weighted by Crippen LogP contribution is -2.07. The van der Waals surface area contributed by atoms with Crippen LogP contribution in [0.25, 0.3) is 5.69 Å². The number of nitrogens with one attached hydrogen (secondary N) is 1. The minimum absolute atomic E-state index is 0.0767. The molecule has 1 N–H and O–H groups in total. The molecule has 0 radical (unpaired) electrons. The third kappa shape index (κ3) is 1.73. The molecule has 0 unspecified atom stereocenters. The molecule has 1 aromatic heterocycles. The first-order valence-electron chi connectivity index (χ1n) is 4.75. The zero-order valence-corrected chi connectivity index (χ0v) is 8.50. The fourth-order valence-corrected chi connectivity index (χ4v) is 1.45. The normalized spacial score (nSPS) is 10.7. The molecule has 6 heteroatoms. The molecule has 2 rings (SSSR count). The highest BCUT2D eigenvalue weighted by Crippen LogP contribution is 2.14. The predicted molar refractivity (Wildman–Crippen MR) is 53.5 cm³/mol. The Bertz CT molecular complexity index is 574. The molecule has 0 fully saturated rings. The van der Waals surface area contributed by atoms with Crippen LogP contribution in [-0.4, -0.2) is 14.8 Å². The fraction of sp³-hybridized carbons (Fsp3) is 0.200. The summed E-state index contributed by atoms with van der Waals surface area (Å²) < 4.78 is 27.4. The summed E-state index contributed by atoms with van der Waals surface area (Å²) in [6.45, 7) is 1.79. The highest BCUT2D eigenvalue weighted by atomic mass is 19.1. The largest absolute Gasteiger partial charge is 0.361 e. The van der Waals surface area contributed by atoms with Crippen LogP contribution in [0.15, 0.2) is 23.0 Å². The quantitative estimate of drug-likeness (QED) is 0.839. The maximum atomic E-state index is 13.5. The smallest absolute Gasteiger partial charge is 0.244 e. The van der Waals surface area contributed by atoms with Gasteiger partial charge in [-0.25, -0.2) is 23.4 Å². The molecule has 1 aromatic carbocycles. The summed E-state index contributed by atoms with van der Waals surface area (Å²) in [5.41, 5.74) is -0.478. The van der Waals surface area contributed by atoms with Gasteiger partial charge in [-0.15, -0.1) is 0 Å². The van der Waals surface area contributed by atoms with Gasteiger partial charge in [0.15, 0.2) is 5.82 Å². The van der Waals surface area contributed by atoms with Crippen LogP contribution in [0.5, 0.6) is 0 Å². The van der Waals surface area contributed by atoms with Crippen LogP contribution in [0.1, 0.15) is 12.7 Å². The maximum absolute atomic E-state index is 13.5. The van der Waals surface area contributed by atoms with E-state index in [9.17, 15) is 13.6 Å². The van der Waals surface area contributed by atoms with Crippen LogP contribution in [-0.2, 0) is 6.42 Å². The number of hydrogen-bond acceptors (Lipinski definition) is 2. The van der Waals surface area contributed by atoms with E-state index in [1.807, 2.05) is 0 Å². The Hall–Kier alpha value is -1.98. The van der Waals surface area contributed by atoms with Crippen LogP contribution >= 0.6 is 0 Å². The van der Waals surface area contributed by atoms with E-state index in [4.69, 9.17) is 0 Å². The summed E-state index contributed by atoms with van der Waals surface area (Å²) in [6, 6.07) is 3.13. The first-order valence-corrected chi connectivity index (χ1v) is 4.75. The van der Waals surface area contributed by atoms with E-state index in [1.54, 1.807) is 6.92 Å². The first-order chi connectivity index (χ1) is 7.61. The van der Waals surface area contributed by atoms with Gasteiger partial charge in [-0.1, -0.05) is 6.92 Å². The zero-order valence-electron chi connectivity index (χ0n) is 8.50. The Kier molecular flexibility index (Phi) is 2.55. The molecule has 0 aliphatic rings. The van der Waals surface area contributed by atoms with Crippen LogP contribution < -0.4 is 5.69 Å². The van der Waals surface area contributed by atoms with Gasteiger partial charge in [0, 0.05) is 12.5 Å².